The van der Waals surface area contributed by atoms with E-state index >= 15 is 0 Å². The minimum absolute atomic E-state index is 0.414. The first-order valence-electron chi connectivity index (χ1n) is 8.97. The van der Waals surface area contributed by atoms with E-state index < -0.39 is 0 Å². The van der Waals surface area contributed by atoms with Gasteiger partial charge in [-0.3, -0.25) is 0 Å². The predicted molar refractivity (Wildman–Crippen MR) is 130 cm³/mol. The molecule has 0 heterocycles. The first-order valence-corrected chi connectivity index (χ1v) is 11.2. The number of benzene rings is 3. The number of halogens is 4. The Morgan fingerprint density at radius 1 is 0.897 bits per heavy atom. The van der Waals surface area contributed by atoms with E-state index in [2.05, 4.69) is 34.0 Å². The van der Waals surface area contributed by atoms with Crippen molar-refractivity contribution in [3.8, 4) is 11.5 Å². The normalized spacial score (nSPS) is 10.7. The zero-order valence-electron chi connectivity index (χ0n) is 15.6. The third-order valence-electron chi connectivity index (χ3n) is 4.06. The van der Waals surface area contributed by atoms with E-state index in [1.54, 1.807) is 12.1 Å². The molecule has 3 aromatic rings. The van der Waals surface area contributed by atoms with Crippen molar-refractivity contribution < 1.29 is 9.47 Å². The smallest absolute Gasteiger partial charge is 0.174 e. The molecule has 3 nitrogen and oxygen atoms in total. The summed E-state index contributed by atoms with van der Waals surface area (Å²) in [4.78, 5) is 0. The van der Waals surface area contributed by atoms with Crippen molar-refractivity contribution in [2.24, 2.45) is 0 Å². The molecule has 0 aliphatic rings. The number of rotatable bonds is 8. The van der Waals surface area contributed by atoms with Crippen LogP contribution in [-0.4, -0.2) is 6.61 Å². The number of hydrogen-bond donors (Lipinski definition) is 1. The summed E-state index contributed by atoms with van der Waals surface area (Å²) in [5, 5.41) is 5.09. The van der Waals surface area contributed by atoms with Gasteiger partial charge in [-0.15, -0.1) is 0 Å². The highest BCUT2D eigenvalue weighted by atomic mass is 127. The van der Waals surface area contributed by atoms with Crippen LogP contribution in [0.25, 0.3) is 0 Å². The number of nitrogens with one attached hydrogen (secondary N) is 1. The Kier molecular flexibility index (Phi) is 8.18. The van der Waals surface area contributed by atoms with Crippen LogP contribution in [0.2, 0.25) is 15.1 Å². The van der Waals surface area contributed by atoms with Crippen LogP contribution >= 0.6 is 57.4 Å². The molecule has 0 amide bonds. The topological polar surface area (TPSA) is 30.5 Å². The molecule has 3 aromatic carbocycles. The van der Waals surface area contributed by atoms with Gasteiger partial charge in [0.1, 0.15) is 6.61 Å². The molecule has 0 saturated heterocycles. The van der Waals surface area contributed by atoms with Gasteiger partial charge in [-0.25, -0.2) is 0 Å². The molecule has 1 N–H and O–H groups in total. The second kappa shape index (κ2) is 10.6. The highest BCUT2D eigenvalue weighted by Gasteiger charge is 2.13. The maximum absolute atomic E-state index is 6.09. The summed E-state index contributed by atoms with van der Waals surface area (Å²) < 4.78 is 12.9. The lowest BCUT2D eigenvalue weighted by Crippen LogP contribution is -2.05. The maximum atomic E-state index is 6.09. The van der Waals surface area contributed by atoms with Gasteiger partial charge < -0.3 is 14.8 Å². The Labute approximate surface area is 199 Å². The van der Waals surface area contributed by atoms with E-state index in [0.29, 0.717) is 40.6 Å². The zero-order chi connectivity index (χ0) is 20.8. The summed E-state index contributed by atoms with van der Waals surface area (Å²) in [7, 11) is 0. The van der Waals surface area contributed by atoms with Crippen LogP contribution in [0.1, 0.15) is 18.1 Å². The van der Waals surface area contributed by atoms with Gasteiger partial charge in [0.25, 0.3) is 0 Å². The number of anilines is 1. The van der Waals surface area contributed by atoms with Crippen LogP contribution in [0, 0.1) is 3.57 Å². The Bertz CT molecular complexity index is 998. The van der Waals surface area contributed by atoms with E-state index in [-0.39, 0.29) is 0 Å². The van der Waals surface area contributed by atoms with Gasteiger partial charge in [0.05, 0.1) is 20.2 Å². The van der Waals surface area contributed by atoms with Crippen LogP contribution in [0.15, 0.2) is 54.6 Å². The third kappa shape index (κ3) is 6.32. The second-order valence-electron chi connectivity index (χ2n) is 6.24. The molecule has 0 saturated carbocycles. The van der Waals surface area contributed by atoms with Crippen LogP contribution in [-0.2, 0) is 13.2 Å². The van der Waals surface area contributed by atoms with Crippen molar-refractivity contribution >= 4 is 63.1 Å². The molecule has 0 spiro atoms. The molecule has 0 fully saturated rings. The molecule has 0 unspecified atom stereocenters. The van der Waals surface area contributed by atoms with Gasteiger partial charge in [-0.2, -0.15) is 0 Å². The molecule has 0 bridgehead atoms. The minimum atomic E-state index is 0.414. The Morgan fingerprint density at radius 3 is 2.45 bits per heavy atom. The molecule has 0 aliphatic heterocycles. The van der Waals surface area contributed by atoms with Crippen molar-refractivity contribution in [3.63, 3.8) is 0 Å². The predicted octanol–water partition coefficient (Wildman–Crippen LogP) is 7.84. The highest BCUT2D eigenvalue weighted by molar-refractivity contribution is 14.1. The summed E-state index contributed by atoms with van der Waals surface area (Å²) in [6, 6.07) is 17.2. The first-order chi connectivity index (χ1) is 14.0. The van der Waals surface area contributed by atoms with Crippen molar-refractivity contribution in [1.82, 2.24) is 0 Å². The fraction of sp³-hybridized carbons (Fsp3) is 0.182. The molecule has 0 aliphatic carbocycles. The van der Waals surface area contributed by atoms with E-state index in [1.807, 2.05) is 43.3 Å². The molecule has 152 valence electrons. The third-order valence-corrected chi connectivity index (χ3v) is 5.83. The highest BCUT2D eigenvalue weighted by Crippen LogP contribution is 2.35. The van der Waals surface area contributed by atoms with Crippen LogP contribution < -0.4 is 14.8 Å². The molecule has 0 radical (unpaired) electrons. The van der Waals surface area contributed by atoms with Crippen molar-refractivity contribution in [2.45, 2.75) is 20.1 Å². The number of ether oxygens (including phenoxy) is 2. The SMILES string of the molecule is CCOc1cc(CNc2ccc(Cl)c(Cl)c2)cc(I)c1OCc1cccc(Cl)c1. The fourth-order valence-electron chi connectivity index (χ4n) is 2.72. The Hall–Kier alpha value is -1.34. The standard InChI is InChI=1S/C22H19Cl3INO2/c1-2-28-21-10-15(12-27-17-6-7-18(24)19(25)11-17)9-20(26)22(21)29-13-14-4-3-5-16(23)8-14/h3-11,27H,2,12-13H2,1H3. The largest absolute Gasteiger partial charge is 0.490 e. The van der Waals surface area contributed by atoms with Crippen molar-refractivity contribution in [1.29, 1.82) is 0 Å². The molecule has 7 heteroatoms. The zero-order valence-corrected chi connectivity index (χ0v) is 20.1. The lowest BCUT2D eigenvalue weighted by atomic mass is 10.2. The van der Waals surface area contributed by atoms with Crippen LogP contribution in [0.3, 0.4) is 0 Å². The summed E-state index contributed by atoms with van der Waals surface area (Å²) in [6.45, 7) is 3.53. The van der Waals surface area contributed by atoms with Crippen LogP contribution in [0.4, 0.5) is 5.69 Å². The van der Waals surface area contributed by atoms with Gasteiger partial charge in [-0.1, -0.05) is 46.9 Å². The van der Waals surface area contributed by atoms with Gasteiger partial charge >= 0.3 is 0 Å². The quantitative estimate of drug-likeness (QED) is 0.284. The average molecular weight is 563 g/mol. The Morgan fingerprint density at radius 2 is 1.72 bits per heavy atom. The van der Waals surface area contributed by atoms with E-state index in [4.69, 9.17) is 44.3 Å². The lowest BCUT2D eigenvalue weighted by Gasteiger charge is -2.16. The van der Waals surface area contributed by atoms with E-state index in [0.717, 1.165) is 26.1 Å². The van der Waals surface area contributed by atoms with E-state index in [1.165, 1.54) is 0 Å². The molecule has 0 atom stereocenters. The molecule has 29 heavy (non-hydrogen) atoms. The van der Waals surface area contributed by atoms with Crippen molar-refractivity contribution in [2.75, 3.05) is 11.9 Å². The molecular weight excluding hydrogens is 544 g/mol. The molecule has 0 aromatic heterocycles. The monoisotopic (exact) mass is 561 g/mol. The van der Waals surface area contributed by atoms with Gasteiger partial charge in [0, 0.05) is 17.3 Å². The lowest BCUT2D eigenvalue weighted by molar-refractivity contribution is 0.267. The summed E-state index contributed by atoms with van der Waals surface area (Å²) in [5.74, 6) is 1.44. The summed E-state index contributed by atoms with van der Waals surface area (Å²) in [5.41, 5.74) is 2.97. The Balaban J connectivity index is 1.75. The minimum Gasteiger partial charge on any atom is -0.490 e. The number of hydrogen-bond acceptors (Lipinski definition) is 3. The second-order valence-corrected chi connectivity index (χ2v) is 8.65. The summed E-state index contributed by atoms with van der Waals surface area (Å²) in [6.07, 6.45) is 0. The molecular formula is C22H19Cl3INO2. The van der Waals surface area contributed by atoms with Gasteiger partial charge in [0.2, 0.25) is 0 Å². The fourth-order valence-corrected chi connectivity index (χ4v) is 4.05. The molecule has 3 rings (SSSR count). The summed E-state index contributed by atoms with van der Waals surface area (Å²) >= 11 is 20.4. The van der Waals surface area contributed by atoms with Gasteiger partial charge in [-0.05, 0) is 83.1 Å². The van der Waals surface area contributed by atoms with Gasteiger partial charge in [0.15, 0.2) is 11.5 Å². The van der Waals surface area contributed by atoms with Crippen LogP contribution in [0.5, 0.6) is 11.5 Å². The van der Waals surface area contributed by atoms with Crippen molar-refractivity contribution in [3.05, 3.63) is 84.4 Å². The van der Waals surface area contributed by atoms with E-state index in [9.17, 15) is 0 Å². The maximum Gasteiger partial charge on any atom is 0.174 e. The first kappa shape index (κ1) is 22.3. The average Bonchev–Trinajstić information content (AvgIpc) is 2.68.